The van der Waals surface area contributed by atoms with Crippen LogP contribution in [0.15, 0.2) is 58.3 Å². The van der Waals surface area contributed by atoms with Gasteiger partial charge in [-0.05, 0) is 36.3 Å². The molecule has 2 aromatic rings. The lowest BCUT2D eigenvalue weighted by Gasteiger charge is -2.20. The molecule has 2 rings (SSSR count). The van der Waals surface area contributed by atoms with Gasteiger partial charge < -0.3 is 5.11 Å². The normalized spacial score (nSPS) is 10.5. The monoisotopic (exact) mass is 337 g/mol. The zero-order valence-corrected chi connectivity index (χ0v) is 14.8. The quantitative estimate of drug-likeness (QED) is 0.799. The van der Waals surface area contributed by atoms with Crippen LogP contribution in [0.2, 0.25) is 0 Å². The molecule has 0 amide bonds. The first kappa shape index (κ1) is 19.0. The van der Waals surface area contributed by atoms with Crippen LogP contribution >= 0.6 is 24.2 Å². The van der Waals surface area contributed by atoms with Crippen molar-refractivity contribution in [3.63, 3.8) is 0 Å². The molecule has 0 fully saturated rings. The van der Waals surface area contributed by atoms with Gasteiger partial charge in [0.15, 0.2) is 0 Å². The molecule has 120 valence electrons. The minimum absolute atomic E-state index is 0. The molecule has 0 aliphatic rings. The number of hydrogen-bond donors (Lipinski definition) is 1. The molecule has 0 unspecified atom stereocenters. The molecule has 0 saturated carbocycles. The van der Waals surface area contributed by atoms with E-state index in [4.69, 9.17) is 0 Å². The Balaban J connectivity index is 0.00000242. The van der Waals surface area contributed by atoms with E-state index in [1.54, 1.807) is 11.8 Å². The molecule has 0 bridgehead atoms. The van der Waals surface area contributed by atoms with E-state index in [-0.39, 0.29) is 19.0 Å². The molecule has 0 spiro atoms. The molecular weight excluding hydrogens is 314 g/mol. The van der Waals surface area contributed by atoms with Crippen LogP contribution in [-0.2, 0) is 13.2 Å². The topological polar surface area (TPSA) is 23.5 Å². The standard InChI is InChI=1S/C18H23NOS.ClH/c1-3-19(4-2)13-15-9-5-7-11-17(15)21-18-12-8-6-10-16(18)14-20;/h5-12,20H,3-4,13-14H2,1-2H3;1H. The van der Waals surface area contributed by atoms with Crippen LogP contribution in [0.3, 0.4) is 0 Å². The van der Waals surface area contributed by atoms with Gasteiger partial charge in [0.05, 0.1) is 6.61 Å². The highest BCUT2D eigenvalue weighted by Gasteiger charge is 2.09. The van der Waals surface area contributed by atoms with E-state index >= 15 is 0 Å². The molecule has 0 aliphatic carbocycles. The third-order valence-electron chi connectivity index (χ3n) is 3.62. The Hall–Kier alpha value is -1.00. The van der Waals surface area contributed by atoms with Crippen molar-refractivity contribution in [1.82, 2.24) is 4.90 Å². The van der Waals surface area contributed by atoms with Crippen molar-refractivity contribution in [3.8, 4) is 0 Å². The van der Waals surface area contributed by atoms with Gasteiger partial charge in [0.2, 0.25) is 0 Å². The number of rotatable bonds is 7. The highest BCUT2D eigenvalue weighted by atomic mass is 35.5. The number of nitrogens with zero attached hydrogens (tertiary/aromatic N) is 1. The summed E-state index contributed by atoms with van der Waals surface area (Å²) in [6.45, 7) is 7.56. The Bertz CT molecular complexity index is 573. The zero-order chi connectivity index (χ0) is 15.1. The summed E-state index contributed by atoms with van der Waals surface area (Å²) < 4.78 is 0. The molecular formula is C18H24ClNOS. The van der Waals surface area contributed by atoms with Gasteiger partial charge in [-0.25, -0.2) is 0 Å². The SMILES string of the molecule is CCN(CC)Cc1ccccc1Sc1ccccc1CO.Cl. The second-order valence-electron chi connectivity index (χ2n) is 4.94. The van der Waals surface area contributed by atoms with Crippen molar-refractivity contribution in [1.29, 1.82) is 0 Å². The Morgan fingerprint density at radius 3 is 1.91 bits per heavy atom. The molecule has 0 aromatic heterocycles. The van der Waals surface area contributed by atoms with Crippen LogP contribution < -0.4 is 0 Å². The lowest BCUT2D eigenvalue weighted by atomic mass is 10.2. The maximum Gasteiger partial charge on any atom is 0.0692 e. The molecule has 1 N–H and O–H groups in total. The maximum atomic E-state index is 9.47. The minimum Gasteiger partial charge on any atom is -0.392 e. The van der Waals surface area contributed by atoms with Crippen LogP contribution in [0.4, 0.5) is 0 Å². The summed E-state index contributed by atoms with van der Waals surface area (Å²) in [6, 6.07) is 16.6. The van der Waals surface area contributed by atoms with Gasteiger partial charge in [0, 0.05) is 16.3 Å². The first-order valence-electron chi connectivity index (χ1n) is 7.45. The summed E-state index contributed by atoms with van der Waals surface area (Å²) in [4.78, 5) is 4.81. The Kier molecular flexibility index (Phi) is 8.57. The predicted octanol–water partition coefficient (Wildman–Crippen LogP) is 4.59. The van der Waals surface area contributed by atoms with E-state index in [0.717, 1.165) is 30.1 Å². The molecule has 2 nitrogen and oxygen atoms in total. The van der Waals surface area contributed by atoms with Crippen molar-refractivity contribution in [2.24, 2.45) is 0 Å². The number of aliphatic hydroxyl groups is 1. The van der Waals surface area contributed by atoms with E-state index in [2.05, 4.69) is 49.1 Å². The Morgan fingerprint density at radius 1 is 0.864 bits per heavy atom. The van der Waals surface area contributed by atoms with Crippen LogP contribution in [0.25, 0.3) is 0 Å². The van der Waals surface area contributed by atoms with Crippen molar-refractivity contribution >= 4 is 24.2 Å². The van der Waals surface area contributed by atoms with Gasteiger partial charge in [-0.3, -0.25) is 4.90 Å². The van der Waals surface area contributed by atoms with E-state index in [1.807, 2.05) is 18.2 Å². The largest absolute Gasteiger partial charge is 0.392 e. The van der Waals surface area contributed by atoms with E-state index in [0.29, 0.717) is 0 Å². The van der Waals surface area contributed by atoms with Gasteiger partial charge in [-0.15, -0.1) is 12.4 Å². The van der Waals surface area contributed by atoms with E-state index < -0.39 is 0 Å². The number of hydrogen-bond acceptors (Lipinski definition) is 3. The van der Waals surface area contributed by atoms with Crippen molar-refractivity contribution in [2.75, 3.05) is 13.1 Å². The molecule has 0 heterocycles. The van der Waals surface area contributed by atoms with Gasteiger partial charge in [-0.2, -0.15) is 0 Å². The Labute approximate surface area is 144 Å². The first-order valence-corrected chi connectivity index (χ1v) is 8.27. The lowest BCUT2D eigenvalue weighted by molar-refractivity contribution is 0.279. The van der Waals surface area contributed by atoms with Gasteiger partial charge in [-0.1, -0.05) is 62.0 Å². The second kappa shape index (κ2) is 9.90. The Morgan fingerprint density at radius 2 is 1.36 bits per heavy atom. The molecule has 4 heteroatoms. The van der Waals surface area contributed by atoms with Gasteiger partial charge >= 0.3 is 0 Å². The first-order chi connectivity index (χ1) is 10.3. The molecule has 22 heavy (non-hydrogen) atoms. The van der Waals surface area contributed by atoms with Gasteiger partial charge in [0.25, 0.3) is 0 Å². The fourth-order valence-corrected chi connectivity index (χ4v) is 3.33. The fraction of sp³-hybridized carbons (Fsp3) is 0.333. The molecule has 0 saturated heterocycles. The molecule has 2 aromatic carbocycles. The van der Waals surface area contributed by atoms with Crippen LogP contribution in [0, 0.1) is 0 Å². The van der Waals surface area contributed by atoms with Crippen LogP contribution in [-0.4, -0.2) is 23.1 Å². The third kappa shape index (κ3) is 5.03. The summed E-state index contributed by atoms with van der Waals surface area (Å²) in [5, 5.41) is 9.47. The van der Waals surface area contributed by atoms with Crippen molar-refractivity contribution < 1.29 is 5.11 Å². The van der Waals surface area contributed by atoms with E-state index in [1.165, 1.54) is 10.5 Å². The average Bonchev–Trinajstić information content (AvgIpc) is 2.54. The number of aliphatic hydroxyl groups excluding tert-OH is 1. The maximum absolute atomic E-state index is 9.47. The average molecular weight is 338 g/mol. The lowest BCUT2D eigenvalue weighted by Crippen LogP contribution is -2.22. The molecule has 0 atom stereocenters. The third-order valence-corrected chi connectivity index (χ3v) is 4.86. The van der Waals surface area contributed by atoms with Crippen LogP contribution in [0.5, 0.6) is 0 Å². The second-order valence-corrected chi connectivity index (χ2v) is 6.02. The fourth-order valence-electron chi connectivity index (χ4n) is 2.27. The minimum atomic E-state index is 0. The zero-order valence-electron chi connectivity index (χ0n) is 13.2. The summed E-state index contributed by atoms with van der Waals surface area (Å²) in [5.74, 6) is 0. The molecule has 0 aliphatic heterocycles. The summed E-state index contributed by atoms with van der Waals surface area (Å²) >= 11 is 1.74. The highest BCUT2D eigenvalue weighted by molar-refractivity contribution is 7.99. The highest BCUT2D eigenvalue weighted by Crippen LogP contribution is 2.33. The van der Waals surface area contributed by atoms with Crippen LogP contribution in [0.1, 0.15) is 25.0 Å². The predicted molar refractivity (Wildman–Crippen MR) is 96.8 cm³/mol. The van der Waals surface area contributed by atoms with Gasteiger partial charge in [0.1, 0.15) is 0 Å². The summed E-state index contributed by atoms with van der Waals surface area (Å²) in [5.41, 5.74) is 2.33. The molecule has 0 radical (unpaired) electrons. The summed E-state index contributed by atoms with van der Waals surface area (Å²) in [6.07, 6.45) is 0. The smallest absolute Gasteiger partial charge is 0.0692 e. The van der Waals surface area contributed by atoms with Crippen molar-refractivity contribution in [3.05, 3.63) is 59.7 Å². The van der Waals surface area contributed by atoms with E-state index in [9.17, 15) is 5.11 Å². The van der Waals surface area contributed by atoms with Crippen molar-refractivity contribution in [2.45, 2.75) is 36.8 Å². The number of benzene rings is 2. The summed E-state index contributed by atoms with van der Waals surface area (Å²) in [7, 11) is 0. The number of halogens is 1.